The van der Waals surface area contributed by atoms with Gasteiger partial charge in [0.1, 0.15) is 10.7 Å². The first-order valence-electron chi connectivity index (χ1n) is 6.88. The minimum Gasteiger partial charge on any atom is -0.398 e. The Bertz CT molecular complexity index is 647. The lowest BCUT2D eigenvalue weighted by atomic mass is 9.75. The molecule has 0 amide bonds. The van der Waals surface area contributed by atoms with Crippen molar-refractivity contribution in [1.29, 1.82) is 0 Å². The van der Waals surface area contributed by atoms with Gasteiger partial charge in [-0.2, -0.15) is 0 Å². The molecule has 1 aromatic carbocycles. The van der Waals surface area contributed by atoms with Crippen LogP contribution in [0.5, 0.6) is 0 Å². The topological polar surface area (TPSA) is 72.2 Å². The summed E-state index contributed by atoms with van der Waals surface area (Å²) in [5, 5.41) is 0. The normalized spacial score (nSPS) is 22.2. The summed E-state index contributed by atoms with van der Waals surface area (Å²) in [7, 11) is -3.75. The molecule has 118 valence electrons. The maximum atomic E-state index is 13.4. The van der Waals surface area contributed by atoms with E-state index in [2.05, 4.69) is 34.5 Å². The van der Waals surface area contributed by atoms with Crippen molar-refractivity contribution in [2.45, 2.75) is 50.5 Å². The van der Waals surface area contributed by atoms with Crippen LogP contribution in [-0.4, -0.2) is 14.5 Å². The number of rotatable bonds is 3. The van der Waals surface area contributed by atoms with Gasteiger partial charge in [0.25, 0.3) is 0 Å². The summed E-state index contributed by atoms with van der Waals surface area (Å²) in [5.41, 5.74) is 5.70. The largest absolute Gasteiger partial charge is 0.398 e. The van der Waals surface area contributed by atoms with E-state index >= 15 is 0 Å². The molecule has 2 rings (SSSR count). The fourth-order valence-electron chi connectivity index (χ4n) is 2.86. The van der Waals surface area contributed by atoms with E-state index in [4.69, 9.17) is 5.73 Å². The van der Waals surface area contributed by atoms with Crippen LogP contribution in [0.15, 0.2) is 21.5 Å². The third kappa shape index (κ3) is 3.96. The van der Waals surface area contributed by atoms with E-state index in [0.717, 1.165) is 31.7 Å². The molecule has 21 heavy (non-hydrogen) atoms. The highest BCUT2D eigenvalue weighted by molar-refractivity contribution is 9.10. The number of anilines is 1. The first-order chi connectivity index (χ1) is 9.61. The predicted molar refractivity (Wildman–Crippen MR) is 84.9 cm³/mol. The lowest BCUT2D eigenvalue weighted by Crippen LogP contribution is -2.40. The van der Waals surface area contributed by atoms with E-state index in [-0.39, 0.29) is 26.5 Å². The summed E-state index contributed by atoms with van der Waals surface area (Å²) < 4.78 is 41.1. The van der Waals surface area contributed by atoms with Crippen molar-refractivity contribution in [2.24, 2.45) is 5.41 Å². The molecule has 0 spiro atoms. The Hall–Kier alpha value is -0.660. The number of halogens is 2. The third-order valence-electron chi connectivity index (χ3n) is 3.87. The Morgan fingerprint density at radius 1 is 1.43 bits per heavy atom. The average Bonchev–Trinajstić information content (AvgIpc) is 2.31. The van der Waals surface area contributed by atoms with Gasteiger partial charge >= 0.3 is 0 Å². The molecular weight excluding hydrogens is 359 g/mol. The molecule has 0 heterocycles. The molecule has 1 saturated carbocycles. The Labute approximate surface area is 133 Å². The molecule has 1 aliphatic carbocycles. The second-order valence-electron chi connectivity index (χ2n) is 6.38. The summed E-state index contributed by atoms with van der Waals surface area (Å²) in [4.78, 5) is -0.0841. The van der Waals surface area contributed by atoms with Gasteiger partial charge in [0.05, 0.1) is 10.2 Å². The standard InChI is InChI=1S/C14H20BrFN2O2S/c1-14(2)5-3-4-9(8-14)18-21(19,20)13-6-10(15)11(16)7-12(13)17/h6-7,9,18H,3-5,8,17H2,1-2H3. The van der Waals surface area contributed by atoms with Gasteiger partial charge in [0.2, 0.25) is 10.0 Å². The molecule has 0 aromatic heterocycles. The minimum absolute atomic E-state index is 0.0841. The van der Waals surface area contributed by atoms with Crippen molar-refractivity contribution in [3.8, 4) is 0 Å². The Morgan fingerprint density at radius 3 is 2.71 bits per heavy atom. The molecule has 0 saturated heterocycles. The Kier molecular flexibility index (Phi) is 4.66. The molecule has 3 N–H and O–H groups in total. The van der Waals surface area contributed by atoms with Crippen LogP contribution in [0.1, 0.15) is 39.5 Å². The first-order valence-corrected chi connectivity index (χ1v) is 9.15. The molecule has 1 aliphatic rings. The highest BCUT2D eigenvalue weighted by Crippen LogP contribution is 2.36. The van der Waals surface area contributed by atoms with Crippen LogP contribution >= 0.6 is 15.9 Å². The maximum absolute atomic E-state index is 13.4. The van der Waals surface area contributed by atoms with Gasteiger partial charge in [-0.1, -0.05) is 20.3 Å². The van der Waals surface area contributed by atoms with Crippen LogP contribution < -0.4 is 10.5 Å². The summed E-state index contributed by atoms with van der Waals surface area (Å²) in [6, 6.07) is 2.12. The van der Waals surface area contributed by atoms with E-state index in [1.807, 2.05) is 0 Å². The van der Waals surface area contributed by atoms with Crippen LogP contribution in [0, 0.1) is 11.2 Å². The van der Waals surface area contributed by atoms with Gasteiger partial charge < -0.3 is 5.73 Å². The van der Waals surface area contributed by atoms with Crippen LogP contribution in [-0.2, 0) is 10.0 Å². The van der Waals surface area contributed by atoms with Crippen molar-refractivity contribution in [1.82, 2.24) is 4.72 Å². The number of hydrogen-bond donors (Lipinski definition) is 2. The zero-order valence-corrected chi connectivity index (χ0v) is 14.5. The van der Waals surface area contributed by atoms with Crippen molar-refractivity contribution in [3.63, 3.8) is 0 Å². The third-order valence-corrected chi connectivity index (χ3v) is 6.05. The van der Waals surface area contributed by atoms with E-state index in [9.17, 15) is 12.8 Å². The summed E-state index contributed by atoms with van der Waals surface area (Å²) >= 11 is 2.99. The zero-order chi connectivity index (χ0) is 15.8. The number of benzene rings is 1. The molecule has 1 atom stereocenters. The van der Waals surface area contributed by atoms with Crippen LogP contribution in [0.3, 0.4) is 0 Å². The van der Waals surface area contributed by atoms with Gasteiger partial charge in [-0.25, -0.2) is 17.5 Å². The molecule has 0 radical (unpaired) electrons. The van der Waals surface area contributed by atoms with Crippen molar-refractivity contribution >= 4 is 31.6 Å². The SMILES string of the molecule is CC1(C)CCCC(NS(=O)(=O)c2cc(Br)c(F)cc2N)C1. The first kappa shape index (κ1) is 16.7. The number of nitrogens with one attached hydrogen (secondary N) is 1. The van der Waals surface area contributed by atoms with Gasteiger partial charge in [-0.05, 0) is 52.7 Å². The van der Waals surface area contributed by atoms with Gasteiger partial charge in [-0.15, -0.1) is 0 Å². The quantitative estimate of drug-likeness (QED) is 0.791. The van der Waals surface area contributed by atoms with E-state index in [1.165, 1.54) is 6.07 Å². The van der Waals surface area contributed by atoms with Crippen molar-refractivity contribution in [3.05, 3.63) is 22.4 Å². The second-order valence-corrected chi connectivity index (χ2v) is 8.92. The summed E-state index contributed by atoms with van der Waals surface area (Å²) in [6.07, 6.45) is 3.68. The van der Waals surface area contributed by atoms with Crippen molar-refractivity contribution < 1.29 is 12.8 Å². The minimum atomic E-state index is -3.75. The predicted octanol–water partition coefficient (Wildman–Crippen LogP) is 3.42. The van der Waals surface area contributed by atoms with Gasteiger partial charge in [0.15, 0.2) is 0 Å². The Balaban J connectivity index is 2.25. The molecule has 1 fully saturated rings. The monoisotopic (exact) mass is 378 g/mol. The second kappa shape index (κ2) is 5.85. The van der Waals surface area contributed by atoms with Crippen molar-refractivity contribution in [2.75, 3.05) is 5.73 Å². The molecule has 4 nitrogen and oxygen atoms in total. The highest BCUT2D eigenvalue weighted by atomic mass is 79.9. The number of nitrogen functional groups attached to an aromatic ring is 1. The number of sulfonamides is 1. The molecule has 7 heteroatoms. The fourth-order valence-corrected chi connectivity index (χ4v) is 4.76. The van der Waals surface area contributed by atoms with E-state index in [1.54, 1.807) is 0 Å². The molecule has 0 bridgehead atoms. The van der Waals surface area contributed by atoms with Crippen LogP contribution in [0.4, 0.5) is 10.1 Å². The van der Waals surface area contributed by atoms with Crippen LogP contribution in [0.25, 0.3) is 0 Å². The molecule has 0 aliphatic heterocycles. The number of hydrogen-bond acceptors (Lipinski definition) is 3. The van der Waals surface area contributed by atoms with Gasteiger partial charge in [-0.3, -0.25) is 0 Å². The molecule has 1 aromatic rings. The lowest BCUT2D eigenvalue weighted by molar-refractivity contribution is 0.212. The fraction of sp³-hybridized carbons (Fsp3) is 0.571. The molecule has 1 unspecified atom stereocenters. The van der Waals surface area contributed by atoms with E-state index in [0.29, 0.717) is 0 Å². The van der Waals surface area contributed by atoms with E-state index < -0.39 is 15.8 Å². The summed E-state index contributed by atoms with van der Waals surface area (Å²) in [6.45, 7) is 4.27. The Morgan fingerprint density at radius 2 is 2.10 bits per heavy atom. The number of nitrogens with two attached hydrogens (primary N) is 1. The highest BCUT2D eigenvalue weighted by Gasteiger charge is 2.31. The lowest BCUT2D eigenvalue weighted by Gasteiger charge is -2.35. The smallest absolute Gasteiger partial charge is 0.242 e. The van der Waals surface area contributed by atoms with Crippen LogP contribution in [0.2, 0.25) is 0 Å². The zero-order valence-electron chi connectivity index (χ0n) is 12.1. The maximum Gasteiger partial charge on any atom is 0.242 e. The molecular formula is C14H20BrFN2O2S. The average molecular weight is 379 g/mol. The van der Waals surface area contributed by atoms with Gasteiger partial charge in [0, 0.05) is 6.04 Å². The summed E-state index contributed by atoms with van der Waals surface area (Å²) in [5.74, 6) is -0.578.